The lowest BCUT2D eigenvalue weighted by Gasteiger charge is -2.20. The molecule has 0 aliphatic heterocycles. The summed E-state index contributed by atoms with van der Waals surface area (Å²) in [5.74, 6) is 0. The first-order valence-electron chi connectivity index (χ1n) is 10.8. The van der Waals surface area contributed by atoms with Gasteiger partial charge >= 0.3 is 0 Å². The lowest BCUT2D eigenvalue weighted by Crippen LogP contribution is -2.20. The standard InChI is InChI=1S/C28H28O4S2/c1-5-11-24(7-3)33(29,30)26-14-10-9-13-22-19-27(34(31,32)25(8-4)12-6-2)20-23-16-15-21(17-26)18-28(22)23/h5-9,12-17,19-20,24H,1-4,10-11,18H2/b13-9-,21-17?,25-12+,26-14+. The van der Waals surface area contributed by atoms with Crippen LogP contribution in [0.2, 0.25) is 0 Å². The second kappa shape index (κ2) is 10.4. The molecule has 0 fully saturated rings. The van der Waals surface area contributed by atoms with E-state index in [0.717, 1.165) is 22.3 Å². The third kappa shape index (κ3) is 4.98. The van der Waals surface area contributed by atoms with Crippen molar-refractivity contribution in [1.82, 2.24) is 0 Å². The first-order chi connectivity index (χ1) is 16.2. The molecule has 0 N–H and O–H groups in total. The molecule has 2 bridgehead atoms. The zero-order valence-corrected chi connectivity index (χ0v) is 20.6. The van der Waals surface area contributed by atoms with Crippen LogP contribution in [0, 0.1) is 0 Å². The minimum absolute atomic E-state index is 0.0768. The van der Waals surface area contributed by atoms with Gasteiger partial charge in [0.2, 0.25) is 9.84 Å². The summed E-state index contributed by atoms with van der Waals surface area (Å²) in [5.41, 5.74) is 3.34. The predicted octanol–water partition coefficient (Wildman–Crippen LogP) is 6.06. The summed E-state index contributed by atoms with van der Waals surface area (Å²) in [6, 6.07) is 3.30. The van der Waals surface area contributed by atoms with Crippen molar-refractivity contribution in [3.8, 4) is 0 Å². The average Bonchev–Trinajstić information content (AvgIpc) is 2.82. The van der Waals surface area contributed by atoms with Crippen LogP contribution in [-0.2, 0) is 26.1 Å². The van der Waals surface area contributed by atoms with Gasteiger partial charge in [0, 0.05) is 0 Å². The second-order valence-corrected chi connectivity index (χ2v) is 12.0. The van der Waals surface area contributed by atoms with Crippen molar-refractivity contribution in [2.24, 2.45) is 0 Å². The molecule has 1 unspecified atom stereocenters. The Balaban J connectivity index is 2.12. The molecule has 0 radical (unpaired) electrons. The molecular weight excluding hydrogens is 464 g/mol. The highest BCUT2D eigenvalue weighted by Crippen LogP contribution is 2.34. The Labute approximate surface area is 202 Å². The lowest BCUT2D eigenvalue weighted by atomic mass is 9.89. The molecule has 0 saturated heterocycles. The van der Waals surface area contributed by atoms with Crippen LogP contribution >= 0.6 is 0 Å². The first-order valence-corrected chi connectivity index (χ1v) is 13.8. The minimum Gasteiger partial charge on any atom is -0.223 e. The van der Waals surface area contributed by atoms with Gasteiger partial charge in [-0.3, -0.25) is 0 Å². The molecule has 1 atom stereocenters. The van der Waals surface area contributed by atoms with Crippen molar-refractivity contribution in [1.29, 1.82) is 0 Å². The van der Waals surface area contributed by atoms with Crippen molar-refractivity contribution in [3.63, 3.8) is 0 Å². The fourth-order valence-electron chi connectivity index (χ4n) is 3.93. The van der Waals surface area contributed by atoms with E-state index in [1.807, 2.05) is 24.3 Å². The Kier molecular flexibility index (Phi) is 7.75. The van der Waals surface area contributed by atoms with Crippen LogP contribution in [0.4, 0.5) is 0 Å². The summed E-state index contributed by atoms with van der Waals surface area (Å²) >= 11 is 0. The Morgan fingerprint density at radius 2 is 1.71 bits per heavy atom. The van der Waals surface area contributed by atoms with E-state index in [9.17, 15) is 16.8 Å². The Bertz CT molecular complexity index is 1410. The zero-order valence-electron chi connectivity index (χ0n) is 19.0. The van der Waals surface area contributed by atoms with Gasteiger partial charge in [0.25, 0.3) is 0 Å². The fourth-order valence-corrected chi connectivity index (χ4v) is 6.90. The van der Waals surface area contributed by atoms with Crippen molar-refractivity contribution >= 4 is 31.8 Å². The number of allylic oxidation sites excluding steroid dienone is 9. The highest BCUT2D eigenvalue weighted by Gasteiger charge is 2.27. The Morgan fingerprint density at radius 3 is 2.32 bits per heavy atom. The quantitative estimate of drug-likeness (QED) is 0.310. The van der Waals surface area contributed by atoms with E-state index < -0.39 is 24.9 Å². The Hall–Kier alpha value is -3.22. The molecule has 2 aliphatic rings. The monoisotopic (exact) mass is 492 g/mol. The van der Waals surface area contributed by atoms with E-state index in [0.29, 0.717) is 12.8 Å². The molecule has 0 saturated carbocycles. The first kappa shape index (κ1) is 25.4. The van der Waals surface area contributed by atoms with Crippen LogP contribution in [0.1, 0.15) is 29.5 Å². The zero-order chi connectivity index (χ0) is 24.9. The number of fused-ring (bicyclic) bond motifs is 1. The molecule has 2 aliphatic carbocycles. The average molecular weight is 493 g/mol. The van der Waals surface area contributed by atoms with E-state index >= 15 is 0 Å². The number of rotatable bonds is 9. The van der Waals surface area contributed by atoms with Gasteiger partial charge in [-0.25, -0.2) is 16.8 Å². The molecule has 1 aromatic rings. The van der Waals surface area contributed by atoms with Gasteiger partial charge in [-0.15, -0.1) is 13.2 Å². The number of hydrogen-bond acceptors (Lipinski definition) is 4. The van der Waals surface area contributed by atoms with E-state index in [1.165, 1.54) is 24.3 Å². The van der Waals surface area contributed by atoms with Crippen LogP contribution in [-0.4, -0.2) is 22.1 Å². The number of hydrogen-bond donors (Lipinski definition) is 0. The summed E-state index contributed by atoms with van der Waals surface area (Å²) < 4.78 is 52.8. The Morgan fingerprint density at radius 1 is 1.00 bits per heavy atom. The van der Waals surface area contributed by atoms with E-state index in [-0.39, 0.29) is 21.1 Å². The van der Waals surface area contributed by atoms with Crippen molar-refractivity contribution in [2.75, 3.05) is 0 Å². The molecule has 4 nitrogen and oxygen atoms in total. The SMILES string of the molecule is C=C/C=C(\C=C)S(=O)(=O)c1cc2c3c(c1)/C=C\C/C=C(/S(=O)(=O)C(C=C)CC=C)C=C(C=C2)C3. The second-order valence-electron chi connectivity index (χ2n) is 7.91. The molecule has 34 heavy (non-hydrogen) atoms. The number of benzene rings is 1. The predicted molar refractivity (Wildman–Crippen MR) is 142 cm³/mol. The smallest absolute Gasteiger partial charge is 0.206 e. The van der Waals surface area contributed by atoms with Crippen molar-refractivity contribution in [3.05, 3.63) is 125 Å². The normalized spacial score (nSPS) is 19.1. The van der Waals surface area contributed by atoms with Gasteiger partial charge in [-0.1, -0.05) is 67.8 Å². The van der Waals surface area contributed by atoms with Crippen LogP contribution in [0.3, 0.4) is 0 Å². The molecule has 3 rings (SSSR count). The highest BCUT2D eigenvalue weighted by molar-refractivity contribution is 7.96. The highest BCUT2D eigenvalue weighted by atomic mass is 32.2. The topological polar surface area (TPSA) is 68.3 Å². The molecule has 176 valence electrons. The maximum Gasteiger partial charge on any atom is 0.206 e. The summed E-state index contributed by atoms with van der Waals surface area (Å²) in [5, 5.41) is -0.745. The van der Waals surface area contributed by atoms with Crippen molar-refractivity contribution < 1.29 is 16.8 Å². The number of sulfone groups is 2. The third-order valence-electron chi connectivity index (χ3n) is 5.72. The van der Waals surface area contributed by atoms with Crippen LogP contribution in [0.5, 0.6) is 0 Å². The maximum atomic E-state index is 13.2. The lowest BCUT2D eigenvalue weighted by molar-refractivity contribution is 0.595. The molecule has 6 heteroatoms. The largest absolute Gasteiger partial charge is 0.223 e. The van der Waals surface area contributed by atoms with Crippen LogP contribution in [0.25, 0.3) is 12.2 Å². The molecule has 0 aromatic heterocycles. The van der Waals surface area contributed by atoms with E-state index in [2.05, 4.69) is 26.3 Å². The molecule has 0 amide bonds. The van der Waals surface area contributed by atoms with E-state index in [1.54, 1.807) is 30.4 Å². The summed E-state index contributed by atoms with van der Waals surface area (Å²) in [6.07, 6.45) is 19.0. The summed E-state index contributed by atoms with van der Waals surface area (Å²) in [6.45, 7) is 14.5. The minimum atomic E-state index is -3.76. The van der Waals surface area contributed by atoms with Gasteiger partial charge in [-0.2, -0.15) is 0 Å². The van der Waals surface area contributed by atoms with Gasteiger partial charge in [0.05, 0.1) is 20.0 Å². The third-order valence-corrected chi connectivity index (χ3v) is 9.63. The molecule has 0 spiro atoms. The van der Waals surface area contributed by atoms with Gasteiger partial charge in [-0.05, 0) is 65.8 Å². The summed E-state index contributed by atoms with van der Waals surface area (Å²) in [4.78, 5) is 0.498. The molecule has 1 aromatic carbocycles. The van der Waals surface area contributed by atoms with Crippen LogP contribution in [0.15, 0.2) is 113 Å². The van der Waals surface area contributed by atoms with Crippen molar-refractivity contribution in [2.45, 2.75) is 29.4 Å². The van der Waals surface area contributed by atoms with Crippen LogP contribution < -0.4 is 0 Å². The van der Waals surface area contributed by atoms with Gasteiger partial charge < -0.3 is 0 Å². The molecule has 0 heterocycles. The summed E-state index contributed by atoms with van der Waals surface area (Å²) in [7, 11) is -7.39. The molecular formula is C28H28O4S2. The van der Waals surface area contributed by atoms with Gasteiger partial charge in [0.1, 0.15) is 0 Å². The fraction of sp³-hybridized carbons (Fsp3) is 0.143. The maximum absolute atomic E-state index is 13.2. The van der Waals surface area contributed by atoms with E-state index in [4.69, 9.17) is 0 Å². The van der Waals surface area contributed by atoms with Gasteiger partial charge in [0.15, 0.2) is 9.84 Å².